The second-order valence-electron chi connectivity index (χ2n) is 6.75. The van der Waals surface area contributed by atoms with E-state index in [2.05, 4.69) is 5.32 Å². The zero-order valence-electron chi connectivity index (χ0n) is 15.9. The highest BCUT2D eigenvalue weighted by molar-refractivity contribution is 5.88. The summed E-state index contributed by atoms with van der Waals surface area (Å²) < 4.78 is 5.14. The van der Waals surface area contributed by atoms with Gasteiger partial charge in [-0.1, -0.05) is 30.3 Å². The van der Waals surface area contributed by atoms with E-state index in [-0.39, 0.29) is 12.5 Å². The van der Waals surface area contributed by atoms with E-state index in [0.29, 0.717) is 32.2 Å². The number of nitrogens with one attached hydrogen (secondary N) is 1. The number of esters is 1. The Morgan fingerprint density at radius 3 is 2.63 bits per heavy atom. The molecular weight excluding hydrogens is 348 g/mol. The highest BCUT2D eigenvalue weighted by atomic mass is 16.5. The molecule has 0 saturated carbocycles. The van der Waals surface area contributed by atoms with Crippen LogP contribution in [0.4, 0.5) is 0 Å². The Morgan fingerprint density at radius 2 is 2.00 bits per heavy atom. The fraction of sp³-hybridized carbons (Fsp3) is 0.550. The lowest BCUT2D eigenvalue weighted by molar-refractivity contribution is -0.150. The highest BCUT2D eigenvalue weighted by Crippen LogP contribution is 2.19. The monoisotopic (exact) mass is 376 g/mol. The fourth-order valence-corrected chi connectivity index (χ4v) is 3.38. The molecule has 3 atom stereocenters. The zero-order chi connectivity index (χ0) is 19.8. The van der Waals surface area contributed by atoms with Gasteiger partial charge in [-0.2, -0.15) is 0 Å². The van der Waals surface area contributed by atoms with Crippen molar-refractivity contribution in [3.05, 3.63) is 35.9 Å². The van der Waals surface area contributed by atoms with E-state index in [0.717, 1.165) is 5.56 Å². The maximum Gasteiger partial charge on any atom is 0.326 e. The third-order valence-electron chi connectivity index (χ3n) is 4.78. The minimum absolute atomic E-state index is 0.262. The largest absolute Gasteiger partial charge is 0.480 e. The number of aryl methyl sites for hydroxylation is 1. The Morgan fingerprint density at radius 1 is 1.30 bits per heavy atom. The van der Waals surface area contributed by atoms with Crippen molar-refractivity contribution in [2.24, 2.45) is 0 Å². The summed E-state index contributed by atoms with van der Waals surface area (Å²) in [5.74, 6) is -1.68. The lowest BCUT2D eigenvalue weighted by Gasteiger charge is -2.27. The number of aliphatic carboxylic acids is 1. The SMILES string of the molecule is CCOC(=O)[C@H](CCc1ccccc1)N[C@H](C)C(=O)N1CCC[C@H]1C(=O)O. The first-order chi connectivity index (χ1) is 12.9. The molecule has 148 valence electrons. The third kappa shape index (κ3) is 5.79. The summed E-state index contributed by atoms with van der Waals surface area (Å²) in [7, 11) is 0. The van der Waals surface area contributed by atoms with E-state index in [1.807, 2.05) is 30.3 Å². The number of hydrogen-bond donors (Lipinski definition) is 2. The van der Waals surface area contributed by atoms with Gasteiger partial charge in [0.1, 0.15) is 12.1 Å². The van der Waals surface area contributed by atoms with Crippen LogP contribution in [0.25, 0.3) is 0 Å². The Balaban J connectivity index is 2.01. The number of hydrogen-bond acceptors (Lipinski definition) is 5. The molecule has 0 unspecified atom stereocenters. The molecule has 1 saturated heterocycles. The molecule has 1 aliphatic rings. The van der Waals surface area contributed by atoms with E-state index in [4.69, 9.17) is 4.74 Å². The van der Waals surface area contributed by atoms with Gasteiger partial charge >= 0.3 is 11.9 Å². The lowest BCUT2D eigenvalue weighted by Crippen LogP contribution is -2.53. The van der Waals surface area contributed by atoms with Gasteiger partial charge in [-0.3, -0.25) is 14.9 Å². The van der Waals surface area contributed by atoms with Crippen molar-refractivity contribution in [3.63, 3.8) is 0 Å². The Kier molecular flexibility index (Phi) is 7.79. The van der Waals surface area contributed by atoms with E-state index in [9.17, 15) is 19.5 Å². The maximum absolute atomic E-state index is 12.7. The number of likely N-dealkylation sites (tertiary alicyclic amines) is 1. The fourth-order valence-electron chi connectivity index (χ4n) is 3.38. The van der Waals surface area contributed by atoms with Crippen LogP contribution in [0.15, 0.2) is 30.3 Å². The standard InChI is InChI=1S/C20H28N2O5/c1-3-27-20(26)16(12-11-15-8-5-4-6-9-15)21-14(2)18(23)22-13-7-10-17(22)19(24)25/h4-6,8-9,14,16-17,21H,3,7,10-13H2,1-2H3,(H,24,25)/t14-,16+,17+/m1/s1. The summed E-state index contributed by atoms with van der Waals surface area (Å²) in [6.07, 6.45) is 2.29. The number of rotatable bonds is 9. The molecule has 2 N–H and O–H groups in total. The van der Waals surface area contributed by atoms with E-state index in [1.54, 1.807) is 13.8 Å². The van der Waals surface area contributed by atoms with Gasteiger partial charge in [0.05, 0.1) is 12.6 Å². The van der Waals surface area contributed by atoms with Gasteiger partial charge in [0.2, 0.25) is 5.91 Å². The van der Waals surface area contributed by atoms with Crippen LogP contribution in [0.5, 0.6) is 0 Å². The van der Waals surface area contributed by atoms with Gasteiger partial charge in [-0.15, -0.1) is 0 Å². The van der Waals surface area contributed by atoms with Crippen molar-refractivity contribution in [1.82, 2.24) is 10.2 Å². The van der Waals surface area contributed by atoms with Gasteiger partial charge < -0.3 is 14.7 Å². The summed E-state index contributed by atoms with van der Waals surface area (Å²) in [5.41, 5.74) is 1.10. The number of nitrogens with zero attached hydrogens (tertiary/aromatic N) is 1. The van der Waals surface area contributed by atoms with Crippen LogP contribution in [0.2, 0.25) is 0 Å². The summed E-state index contributed by atoms with van der Waals surface area (Å²) in [6.45, 7) is 4.09. The van der Waals surface area contributed by atoms with Crippen LogP contribution in [-0.4, -0.2) is 59.1 Å². The Hall–Kier alpha value is -2.41. The second kappa shape index (κ2) is 10.1. The minimum atomic E-state index is -0.987. The molecule has 1 aromatic carbocycles. The molecule has 2 rings (SSSR count). The van der Waals surface area contributed by atoms with Crippen LogP contribution < -0.4 is 5.32 Å². The van der Waals surface area contributed by atoms with Crippen molar-refractivity contribution in [2.75, 3.05) is 13.2 Å². The molecule has 1 fully saturated rings. The van der Waals surface area contributed by atoms with E-state index >= 15 is 0 Å². The molecule has 0 aromatic heterocycles. The molecule has 1 aliphatic heterocycles. The van der Waals surface area contributed by atoms with Crippen LogP contribution in [0.3, 0.4) is 0 Å². The molecule has 27 heavy (non-hydrogen) atoms. The van der Waals surface area contributed by atoms with Crippen molar-refractivity contribution < 1.29 is 24.2 Å². The highest BCUT2D eigenvalue weighted by Gasteiger charge is 2.36. The van der Waals surface area contributed by atoms with Crippen LogP contribution >= 0.6 is 0 Å². The van der Waals surface area contributed by atoms with Crippen LogP contribution in [0, 0.1) is 0 Å². The molecule has 7 heteroatoms. The van der Waals surface area contributed by atoms with E-state index in [1.165, 1.54) is 4.90 Å². The summed E-state index contributed by atoms with van der Waals surface area (Å²) >= 11 is 0. The van der Waals surface area contributed by atoms with Crippen LogP contribution in [-0.2, 0) is 25.5 Å². The van der Waals surface area contributed by atoms with Gasteiger partial charge in [0.15, 0.2) is 0 Å². The normalized spacial score (nSPS) is 18.7. The number of carbonyl (C=O) groups is 3. The zero-order valence-corrected chi connectivity index (χ0v) is 15.9. The molecule has 7 nitrogen and oxygen atoms in total. The lowest BCUT2D eigenvalue weighted by atomic mass is 10.0. The second-order valence-corrected chi connectivity index (χ2v) is 6.75. The smallest absolute Gasteiger partial charge is 0.326 e. The Labute approximate surface area is 159 Å². The van der Waals surface area contributed by atoms with Gasteiger partial charge in [0, 0.05) is 6.54 Å². The van der Waals surface area contributed by atoms with Gasteiger partial charge in [-0.25, -0.2) is 4.79 Å². The van der Waals surface area contributed by atoms with Crippen molar-refractivity contribution in [1.29, 1.82) is 0 Å². The van der Waals surface area contributed by atoms with E-state index < -0.39 is 30.1 Å². The van der Waals surface area contributed by atoms with Crippen LogP contribution in [0.1, 0.15) is 38.7 Å². The summed E-state index contributed by atoms with van der Waals surface area (Å²) in [4.78, 5) is 37.7. The van der Waals surface area contributed by atoms with Crippen molar-refractivity contribution in [2.45, 2.75) is 57.7 Å². The van der Waals surface area contributed by atoms with Crippen molar-refractivity contribution >= 4 is 17.8 Å². The molecule has 0 aliphatic carbocycles. The molecule has 1 heterocycles. The first-order valence-corrected chi connectivity index (χ1v) is 9.44. The van der Waals surface area contributed by atoms with Gasteiger partial charge in [-0.05, 0) is 45.1 Å². The molecule has 0 radical (unpaired) electrons. The number of carbonyl (C=O) groups excluding carboxylic acids is 2. The summed E-state index contributed by atoms with van der Waals surface area (Å²) in [5, 5.41) is 12.3. The maximum atomic E-state index is 12.7. The predicted octanol–water partition coefficient (Wildman–Crippen LogP) is 1.60. The van der Waals surface area contributed by atoms with Crippen molar-refractivity contribution in [3.8, 4) is 0 Å². The topological polar surface area (TPSA) is 95.9 Å². The first kappa shape index (κ1) is 20.9. The Bertz CT molecular complexity index is 649. The molecule has 1 amide bonds. The number of amides is 1. The predicted molar refractivity (Wildman–Crippen MR) is 100 cm³/mol. The number of carboxylic acids is 1. The average molecular weight is 376 g/mol. The first-order valence-electron chi connectivity index (χ1n) is 9.44. The third-order valence-corrected chi connectivity index (χ3v) is 4.78. The molecule has 0 spiro atoms. The number of ether oxygens (including phenoxy) is 1. The number of benzene rings is 1. The molecule has 0 bridgehead atoms. The number of carboxylic acid groups (broad SMARTS) is 1. The van der Waals surface area contributed by atoms with Gasteiger partial charge in [0.25, 0.3) is 0 Å². The quantitative estimate of drug-likeness (QED) is 0.636. The minimum Gasteiger partial charge on any atom is -0.480 e. The average Bonchev–Trinajstić information content (AvgIpc) is 3.15. The summed E-state index contributed by atoms with van der Waals surface area (Å²) in [6, 6.07) is 7.69. The molecular formula is C20H28N2O5. The molecule has 1 aromatic rings.